The molecule has 4 nitrogen and oxygen atoms in total. The minimum atomic E-state index is -3.76. The van der Waals surface area contributed by atoms with E-state index in [1.54, 1.807) is 36.5 Å². The molecule has 0 radical (unpaired) electrons. The van der Waals surface area contributed by atoms with Gasteiger partial charge in [-0.1, -0.05) is 48.0 Å². The first-order chi connectivity index (χ1) is 12.1. The number of aromatic nitrogens is 2. The van der Waals surface area contributed by atoms with Crippen molar-refractivity contribution in [3.8, 4) is 11.3 Å². The first-order valence-electron chi connectivity index (χ1n) is 7.91. The van der Waals surface area contributed by atoms with Crippen LogP contribution in [0.3, 0.4) is 0 Å². The first-order valence-corrected chi connectivity index (χ1v) is 9.35. The first kappa shape index (κ1) is 15.6. The maximum absolute atomic E-state index is 13.3. The van der Waals surface area contributed by atoms with Crippen molar-refractivity contribution in [1.82, 2.24) is 8.96 Å². The largest absolute Gasteiger partial charge is 0.269 e. The van der Waals surface area contributed by atoms with Crippen LogP contribution in [0.15, 0.2) is 83.9 Å². The normalized spacial score (nSPS) is 11.7. The van der Waals surface area contributed by atoms with Crippen LogP contribution in [0.2, 0.25) is 0 Å². The average molecular weight is 348 g/mol. The highest BCUT2D eigenvalue weighted by atomic mass is 32.2. The molecule has 4 rings (SSSR count). The maximum Gasteiger partial charge on any atom is 0.269 e. The average Bonchev–Trinajstić information content (AvgIpc) is 3.03. The molecule has 124 valence electrons. The molecule has 0 saturated heterocycles. The monoisotopic (exact) mass is 348 g/mol. The Morgan fingerprint density at radius 1 is 0.880 bits per heavy atom. The van der Waals surface area contributed by atoms with Gasteiger partial charge in [-0.25, -0.2) is 17.4 Å². The molecule has 0 bridgehead atoms. The minimum absolute atomic E-state index is 0.249. The number of aryl methyl sites for hydroxylation is 1. The zero-order valence-corrected chi connectivity index (χ0v) is 14.4. The second-order valence-electron chi connectivity index (χ2n) is 5.89. The molecule has 4 aromatic rings. The number of benzene rings is 2. The lowest BCUT2D eigenvalue weighted by molar-refractivity contribution is 0.589. The van der Waals surface area contributed by atoms with Crippen LogP contribution < -0.4 is 0 Å². The summed E-state index contributed by atoms with van der Waals surface area (Å²) in [5, 5.41) is 0.789. The molecular weight excluding hydrogens is 332 g/mol. The highest BCUT2D eigenvalue weighted by Gasteiger charge is 2.24. The van der Waals surface area contributed by atoms with Gasteiger partial charge in [-0.05, 0) is 42.8 Å². The Kier molecular flexibility index (Phi) is 3.66. The summed E-state index contributed by atoms with van der Waals surface area (Å²) in [5.41, 5.74) is 2.88. The van der Waals surface area contributed by atoms with Gasteiger partial charge in [0.15, 0.2) is 5.65 Å². The van der Waals surface area contributed by atoms with Gasteiger partial charge in [0, 0.05) is 11.6 Å². The predicted octanol–water partition coefficient (Wildman–Crippen LogP) is 4.25. The van der Waals surface area contributed by atoms with Gasteiger partial charge in [0.05, 0.1) is 10.6 Å². The van der Waals surface area contributed by atoms with E-state index in [1.807, 2.05) is 49.4 Å². The second kappa shape index (κ2) is 5.86. The highest BCUT2D eigenvalue weighted by Crippen LogP contribution is 2.31. The molecule has 0 spiro atoms. The number of hydrogen-bond acceptors (Lipinski definition) is 3. The summed E-state index contributed by atoms with van der Waals surface area (Å²) >= 11 is 0. The van der Waals surface area contributed by atoms with E-state index >= 15 is 0 Å². The standard InChI is InChI=1S/C20H16N2O2S/c1-15-9-11-18(12-10-15)25(23,24)22-19(16-6-3-2-4-7-16)14-17-8-5-13-21-20(17)22/h2-14H,1H3. The number of pyridine rings is 1. The molecule has 2 aromatic carbocycles. The van der Waals surface area contributed by atoms with Crippen LogP contribution in [0.25, 0.3) is 22.3 Å². The molecule has 0 fully saturated rings. The maximum atomic E-state index is 13.3. The van der Waals surface area contributed by atoms with E-state index in [-0.39, 0.29) is 4.90 Å². The molecule has 0 aliphatic rings. The van der Waals surface area contributed by atoms with Crippen molar-refractivity contribution in [1.29, 1.82) is 0 Å². The lowest BCUT2D eigenvalue weighted by Gasteiger charge is -2.12. The second-order valence-corrected chi connectivity index (χ2v) is 7.68. The van der Waals surface area contributed by atoms with Crippen LogP contribution in [0.5, 0.6) is 0 Å². The fraction of sp³-hybridized carbons (Fsp3) is 0.0500. The third kappa shape index (κ3) is 2.62. The van der Waals surface area contributed by atoms with E-state index in [0.717, 1.165) is 16.5 Å². The zero-order chi connectivity index (χ0) is 17.4. The predicted molar refractivity (Wildman–Crippen MR) is 98.9 cm³/mol. The van der Waals surface area contributed by atoms with Gasteiger partial charge in [0.25, 0.3) is 10.0 Å². The fourth-order valence-electron chi connectivity index (χ4n) is 2.88. The lowest BCUT2D eigenvalue weighted by Crippen LogP contribution is -2.14. The molecule has 0 N–H and O–H groups in total. The van der Waals surface area contributed by atoms with Gasteiger partial charge in [-0.3, -0.25) is 0 Å². The topological polar surface area (TPSA) is 52.0 Å². The van der Waals surface area contributed by atoms with Gasteiger partial charge in [0.1, 0.15) is 0 Å². The summed E-state index contributed by atoms with van der Waals surface area (Å²) in [6.07, 6.45) is 1.61. The molecular formula is C20H16N2O2S. The van der Waals surface area contributed by atoms with Gasteiger partial charge in [0.2, 0.25) is 0 Å². The van der Waals surface area contributed by atoms with E-state index in [2.05, 4.69) is 4.98 Å². The molecule has 0 atom stereocenters. The molecule has 0 aliphatic heterocycles. The lowest BCUT2D eigenvalue weighted by atomic mass is 10.1. The van der Waals surface area contributed by atoms with Crippen molar-refractivity contribution in [3.05, 3.63) is 84.6 Å². The molecule has 0 unspecified atom stereocenters. The van der Waals surface area contributed by atoms with Crippen molar-refractivity contribution < 1.29 is 8.42 Å². The van der Waals surface area contributed by atoms with Crippen LogP contribution >= 0.6 is 0 Å². The molecule has 0 saturated carbocycles. The summed E-state index contributed by atoms with van der Waals surface area (Å²) in [7, 11) is -3.76. The Balaban J connectivity index is 2.05. The summed E-state index contributed by atoms with van der Waals surface area (Å²) in [4.78, 5) is 4.57. The van der Waals surface area contributed by atoms with Crippen molar-refractivity contribution in [2.24, 2.45) is 0 Å². The van der Waals surface area contributed by atoms with Crippen LogP contribution in [-0.4, -0.2) is 17.4 Å². The third-order valence-corrected chi connectivity index (χ3v) is 5.87. The summed E-state index contributed by atoms with van der Waals surface area (Å²) in [6.45, 7) is 1.93. The van der Waals surface area contributed by atoms with E-state index in [4.69, 9.17) is 0 Å². The molecule has 5 heteroatoms. The van der Waals surface area contributed by atoms with Crippen LogP contribution in [0.4, 0.5) is 0 Å². The van der Waals surface area contributed by atoms with Crippen LogP contribution in [0.1, 0.15) is 5.56 Å². The molecule has 25 heavy (non-hydrogen) atoms. The van der Waals surface area contributed by atoms with E-state index < -0.39 is 10.0 Å². The number of fused-ring (bicyclic) bond motifs is 1. The number of rotatable bonds is 3. The Morgan fingerprint density at radius 3 is 2.32 bits per heavy atom. The van der Waals surface area contributed by atoms with Crippen molar-refractivity contribution in [2.45, 2.75) is 11.8 Å². The van der Waals surface area contributed by atoms with Crippen molar-refractivity contribution in [2.75, 3.05) is 0 Å². The molecule has 2 aromatic heterocycles. The zero-order valence-electron chi connectivity index (χ0n) is 13.6. The Morgan fingerprint density at radius 2 is 1.60 bits per heavy atom. The number of nitrogens with zero attached hydrogens (tertiary/aromatic N) is 2. The van der Waals surface area contributed by atoms with Gasteiger partial charge in [-0.2, -0.15) is 0 Å². The van der Waals surface area contributed by atoms with Crippen LogP contribution in [-0.2, 0) is 10.0 Å². The van der Waals surface area contributed by atoms with Gasteiger partial charge >= 0.3 is 0 Å². The Hall–Kier alpha value is -2.92. The molecule has 2 heterocycles. The Bertz CT molecular complexity index is 1150. The van der Waals surface area contributed by atoms with Crippen LogP contribution in [0, 0.1) is 6.92 Å². The Labute approximate surface area is 146 Å². The molecule has 0 amide bonds. The fourth-order valence-corrected chi connectivity index (χ4v) is 4.37. The third-order valence-electron chi connectivity index (χ3n) is 4.15. The number of hydrogen-bond donors (Lipinski definition) is 0. The van der Waals surface area contributed by atoms with Gasteiger partial charge in [-0.15, -0.1) is 0 Å². The van der Waals surface area contributed by atoms with E-state index in [0.29, 0.717) is 11.3 Å². The van der Waals surface area contributed by atoms with E-state index in [1.165, 1.54) is 3.97 Å². The highest BCUT2D eigenvalue weighted by molar-refractivity contribution is 7.90. The smallest absolute Gasteiger partial charge is 0.237 e. The van der Waals surface area contributed by atoms with Crippen molar-refractivity contribution >= 4 is 21.1 Å². The summed E-state index contributed by atoms with van der Waals surface area (Å²) < 4.78 is 28.0. The summed E-state index contributed by atoms with van der Waals surface area (Å²) in [6, 6.07) is 21.9. The minimum Gasteiger partial charge on any atom is -0.237 e. The van der Waals surface area contributed by atoms with E-state index in [9.17, 15) is 8.42 Å². The SMILES string of the molecule is Cc1ccc(S(=O)(=O)n2c(-c3ccccc3)cc3cccnc32)cc1. The quantitative estimate of drug-likeness (QED) is 0.556. The molecule has 0 aliphatic carbocycles. The van der Waals surface area contributed by atoms with Gasteiger partial charge < -0.3 is 0 Å². The summed E-state index contributed by atoms with van der Waals surface area (Å²) in [5.74, 6) is 0. The van der Waals surface area contributed by atoms with Crippen molar-refractivity contribution in [3.63, 3.8) is 0 Å².